The lowest BCUT2D eigenvalue weighted by atomic mass is 9.77. The highest BCUT2D eigenvalue weighted by Gasteiger charge is 2.47. The Kier molecular flexibility index (Phi) is 3.27. The van der Waals surface area contributed by atoms with Crippen LogP contribution in [-0.4, -0.2) is 24.1 Å². The van der Waals surface area contributed by atoms with Crippen molar-refractivity contribution >= 4 is 0 Å². The molecule has 20 heavy (non-hydrogen) atoms. The summed E-state index contributed by atoms with van der Waals surface area (Å²) in [6, 6.07) is 1.93. The van der Waals surface area contributed by atoms with Crippen LogP contribution in [-0.2, 0) is 15.1 Å². The molecule has 0 bridgehead atoms. The van der Waals surface area contributed by atoms with E-state index in [9.17, 15) is 18.3 Å². The first-order valence-electron chi connectivity index (χ1n) is 6.60. The average Bonchev–Trinajstić information content (AvgIpc) is 2.89. The third kappa shape index (κ3) is 2.12. The van der Waals surface area contributed by atoms with Crippen molar-refractivity contribution in [2.24, 2.45) is 0 Å². The highest BCUT2D eigenvalue weighted by molar-refractivity contribution is 5.27. The number of benzene rings is 1. The average molecular weight is 288 g/mol. The second-order valence-corrected chi connectivity index (χ2v) is 5.36. The number of halogens is 3. The van der Waals surface area contributed by atoms with Gasteiger partial charge in [0.2, 0.25) is 0 Å². The fourth-order valence-electron chi connectivity index (χ4n) is 2.98. The Labute approximate surface area is 114 Å². The third-order valence-electron chi connectivity index (χ3n) is 4.19. The van der Waals surface area contributed by atoms with Crippen molar-refractivity contribution in [3.63, 3.8) is 0 Å². The topological polar surface area (TPSA) is 38.7 Å². The van der Waals surface area contributed by atoms with Gasteiger partial charge in [0.25, 0.3) is 0 Å². The Hall–Kier alpha value is -1.11. The second kappa shape index (κ2) is 4.72. The van der Waals surface area contributed by atoms with Crippen LogP contribution >= 0.6 is 0 Å². The summed E-state index contributed by atoms with van der Waals surface area (Å²) in [5.74, 6) is -4.84. The van der Waals surface area contributed by atoms with Gasteiger partial charge in [-0.1, -0.05) is 6.07 Å². The minimum absolute atomic E-state index is 0.176. The molecule has 0 amide bonds. The lowest BCUT2D eigenvalue weighted by molar-refractivity contribution is -0.204. The second-order valence-electron chi connectivity index (χ2n) is 5.36. The molecule has 1 aromatic carbocycles. The molecule has 0 aromatic heterocycles. The van der Waals surface area contributed by atoms with Crippen molar-refractivity contribution in [1.29, 1.82) is 0 Å². The molecule has 1 saturated heterocycles. The van der Waals surface area contributed by atoms with Crippen molar-refractivity contribution in [2.75, 3.05) is 13.2 Å². The monoisotopic (exact) mass is 288 g/mol. The molecule has 1 aromatic rings. The highest BCUT2D eigenvalue weighted by atomic mass is 19.2. The summed E-state index contributed by atoms with van der Waals surface area (Å²) in [5, 5.41) is 10.5. The van der Waals surface area contributed by atoms with Gasteiger partial charge < -0.3 is 14.6 Å². The smallest absolute Gasteiger partial charge is 0.194 e. The van der Waals surface area contributed by atoms with E-state index in [1.54, 1.807) is 0 Å². The Morgan fingerprint density at radius 3 is 2.10 bits per heavy atom. The van der Waals surface area contributed by atoms with Crippen LogP contribution in [0.25, 0.3) is 0 Å². The van der Waals surface area contributed by atoms with Gasteiger partial charge in [0.05, 0.1) is 18.8 Å². The van der Waals surface area contributed by atoms with E-state index in [1.165, 1.54) is 0 Å². The van der Waals surface area contributed by atoms with Gasteiger partial charge in [-0.15, -0.1) is 0 Å². The lowest BCUT2D eigenvalue weighted by Gasteiger charge is -2.40. The molecule has 1 saturated carbocycles. The van der Waals surface area contributed by atoms with Crippen LogP contribution < -0.4 is 0 Å². The van der Waals surface area contributed by atoms with E-state index in [-0.39, 0.29) is 18.4 Å². The summed E-state index contributed by atoms with van der Waals surface area (Å²) < 4.78 is 51.1. The molecule has 110 valence electrons. The summed E-state index contributed by atoms with van der Waals surface area (Å²) >= 11 is 0. The molecule has 1 aliphatic carbocycles. The van der Waals surface area contributed by atoms with E-state index >= 15 is 0 Å². The highest BCUT2D eigenvalue weighted by Crippen LogP contribution is 2.45. The molecular weight excluding hydrogens is 273 g/mol. The first-order chi connectivity index (χ1) is 9.46. The first-order valence-corrected chi connectivity index (χ1v) is 6.60. The Balaban J connectivity index is 1.86. The van der Waals surface area contributed by atoms with Gasteiger partial charge in [-0.3, -0.25) is 0 Å². The van der Waals surface area contributed by atoms with Crippen molar-refractivity contribution in [1.82, 2.24) is 0 Å². The van der Waals surface area contributed by atoms with Gasteiger partial charge in [0, 0.05) is 18.4 Å². The number of hydrogen-bond acceptors (Lipinski definition) is 3. The summed E-state index contributed by atoms with van der Waals surface area (Å²) in [7, 11) is 0. The number of ether oxygens (including phenoxy) is 2. The van der Waals surface area contributed by atoms with Crippen LogP contribution in [0.15, 0.2) is 12.1 Å². The standard InChI is InChI=1S/C14H15F3O3/c15-10-2-1-9(11(16)12(10)17)13(18)3-5-14(6-4-13)19-7-8-20-14/h1-2,18H,3-8H2. The molecule has 2 fully saturated rings. The Morgan fingerprint density at radius 2 is 1.50 bits per heavy atom. The number of hydrogen-bond donors (Lipinski definition) is 1. The molecule has 1 heterocycles. The maximum atomic E-state index is 13.8. The zero-order valence-corrected chi connectivity index (χ0v) is 10.8. The van der Waals surface area contributed by atoms with E-state index in [0.29, 0.717) is 26.1 Å². The molecule has 0 atom stereocenters. The van der Waals surface area contributed by atoms with Gasteiger partial charge in [-0.05, 0) is 18.9 Å². The fourth-order valence-corrected chi connectivity index (χ4v) is 2.98. The molecule has 3 nitrogen and oxygen atoms in total. The molecule has 1 aliphatic heterocycles. The van der Waals surface area contributed by atoms with Crippen LogP contribution in [0.2, 0.25) is 0 Å². The lowest BCUT2D eigenvalue weighted by Crippen LogP contribution is -2.42. The molecular formula is C14H15F3O3. The molecule has 0 radical (unpaired) electrons. The van der Waals surface area contributed by atoms with Crippen LogP contribution in [0.4, 0.5) is 13.2 Å². The quantitative estimate of drug-likeness (QED) is 0.807. The van der Waals surface area contributed by atoms with E-state index in [4.69, 9.17) is 9.47 Å². The molecule has 1 N–H and O–H groups in total. The fraction of sp³-hybridized carbons (Fsp3) is 0.571. The van der Waals surface area contributed by atoms with E-state index in [2.05, 4.69) is 0 Å². The molecule has 1 spiro atoms. The zero-order chi connectivity index (χ0) is 14.4. The van der Waals surface area contributed by atoms with Crippen LogP contribution in [0.5, 0.6) is 0 Å². The summed E-state index contributed by atoms with van der Waals surface area (Å²) in [6.45, 7) is 0.996. The van der Waals surface area contributed by atoms with E-state index in [0.717, 1.165) is 12.1 Å². The summed E-state index contributed by atoms with van der Waals surface area (Å²) in [4.78, 5) is 0. The molecule has 6 heteroatoms. The van der Waals surface area contributed by atoms with Crippen LogP contribution in [0, 0.1) is 17.5 Å². The van der Waals surface area contributed by atoms with Crippen molar-refractivity contribution < 1.29 is 27.8 Å². The van der Waals surface area contributed by atoms with Crippen LogP contribution in [0.3, 0.4) is 0 Å². The number of aliphatic hydroxyl groups is 1. The van der Waals surface area contributed by atoms with Gasteiger partial charge in [-0.2, -0.15) is 0 Å². The maximum Gasteiger partial charge on any atom is 0.194 e. The predicted octanol–water partition coefficient (Wildman–Crippen LogP) is 2.61. The van der Waals surface area contributed by atoms with Gasteiger partial charge in [-0.25, -0.2) is 13.2 Å². The normalized spacial score (nSPS) is 24.2. The SMILES string of the molecule is OC1(c2ccc(F)c(F)c2F)CCC2(CC1)OCCO2. The Morgan fingerprint density at radius 1 is 0.900 bits per heavy atom. The molecule has 3 rings (SSSR count). The van der Waals surface area contributed by atoms with Gasteiger partial charge in [0.15, 0.2) is 23.2 Å². The van der Waals surface area contributed by atoms with Crippen molar-refractivity contribution in [2.45, 2.75) is 37.1 Å². The molecule has 0 unspecified atom stereocenters. The van der Waals surface area contributed by atoms with E-state index < -0.39 is 28.8 Å². The Bertz CT molecular complexity index is 517. The minimum atomic E-state index is -1.55. The largest absolute Gasteiger partial charge is 0.385 e. The summed E-state index contributed by atoms with van der Waals surface area (Å²) in [6.07, 6.45) is 1.13. The zero-order valence-electron chi connectivity index (χ0n) is 10.8. The predicted molar refractivity (Wildman–Crippen MR) is 63.3 cm³/mol. The first kappa shape index (κ1) is 13.9. The van der Waals surface area contributed by atoms with E-state index in [1.807, 2.05) is 0 Å². The van der Waals surface area contributed by atoms with Crippen molar-refractivity contribution in [3.05, 3.63) is 35.1 Å². The van der Waals surface area contributed by atoms with Gasteiger partial charge in [0.1, 0.15) is 0 Å². The third-order valence-corrected chi connectivity index (χ3v) is 4.19. The number of rotatable bonds is 1. The van der Waals surface area contributed by atoms with Gasteiger partial charge >= 0.3 is 0 Å². The maximum absolute atomic E-state index is 13.8. The minimum Gasteiger partial charge on any atom is -0.385 e. The molecule has 2 aliphatic rings. The van der Waals surface area contributed by atoms with Crippen LogP contribution in [0.1, 0.15) is 31.2 Å². The van der Waals surface area contributed by atoms with Crippen molar-refractivity contribution in [3.8, 4) is 0 Å². The summed E-state index contributed by atoms with van der Waals surface area (Å²) in [5.41, 5.74) is -1.72.